The van der Waals surface area contributed by atoms with Crippen molar-refractivity contribution in [2.45, 2.75) is 64.5 Å². The second kappa shape index (κ2) is 10.5. The number of benzene rings is 1. The van der Waals surface area contributed by atoms with Crippen molar-refractivity contribution >= 4 is 17.2 Å². The molecule has 3 heterocycles. The molecule has 0 spiro atoms. The highest BCUT2D eigenvalue weighted by atomic mass is 32.1. The van der Waals surface area contributed by atoms with Crippen LogP contribution < -0.4 is 9.54 Å². The first kappa shape index (κ1) is 26.0. The van der Waals surface area contributed by atoms with E-state index in [9.17, 15) is 18.0 Å². The van der Waals surface area contributed by atoms with E-state index in [-0.39, 0.29) is 29.4 Å². The number of carbonyl (C=O) groups is 1. The van der Waals surface area contributed by atoms with E-state index in [1.165, 1.54) is 29.9 Å². The van der Waals surface area contributed by atoms with Gasteiger partial charge in [0, 0.05) is 30.1 Å². The topological polar surface area (TPSA) is 78.6 Å². The number of nitrogens with zero attached hydrogens (tertiary/aromatic N) is 4. The number of halogens is 3. The fourth-order valence-corrected chi connectivity index (χ4v) is 4.71. The van der Waals surface area contributed by atoms with Gasteiger partial charge in [-0.15, -0.1) is 11.3 Å². The molecule has 1 atom stereocenters. The van der Waals surface area contributed by atoms with Gasteiger partial charge in [0.15, 0.2) is 4.80 Å². The summed E-state index contributed by atoms with van der Waals surface area (Å²) >= 11 is 1.34. The van der Waals surface area contributed by atoms with Crippen LogP contribution in [-0.2, 0) is 29.5 Å². The predicted octanol–water partition coefficient (Wildman–Crippen LogP) is 5.16. The van der Waals surface area contributed by atoms with Crippen LogP contribution in [0.3, 0.4) is 0 Å². The Hall–Kier alpha value is -3.05. The van der Waals surface area contributed by atoms with Crippen LogP contribution in [0.5, 0.6) is 5.75 Å². The van der Waals surface area contributed by atoms with Crippen molar-refractivity contribution < 1.29 is 27.4 Å². The molecule has 11 heteroatoms. The molecule has 3 aromatic rings. The molecule has 1 aliphatic heterocycles. The van der Waals surface area contributed by atoms with Crippen molar-refractivity contribution in [1.82, 2.24) is 14.5 Å². The third kappa shape index (κ3) is 6.38. The maximum absolute atomic E-state index is 13.4. The molecule has 0 unspecified atom stereocenters. The molecule has 192 valence electrons. The smallest absolute Gasteiger partial charge is 0.416 e. The second-order valence-corrected chi connectivity index (χ2v) is 10.5. The van der Waals surface area contributed by atoms with Crippen LogP contribution in [0.15, 0.2) is 48.0 Å². The molecule has 1 fully saturated rings. The van der Waals surface area contributed by atoms with E-state index < -0.39 is 17.6 Å². The molecule has 0 saturated carbocycles. The highest BCUT2D eigenvalue weighted by Crippen LogP contribution is 2.33. The van der Waals surface area contributed by atoms with Gasteiger partial charge in [-0.1, -0.05) is 20.8 Å². The van der Waals surface area contributed by atoms with Gasteiger partial charge in [-0.2, -0.15) is 18.2 Å². The average molecular weight is 521 g/mol. The van der Waals surface area contributed by atoms with Crippen molar-refractivity contribution in [3.05, 3.63) is 69.5 Å². The van der Waals surface area contributed by atoms with Crippen molar-refractivity contribution in [1.29, 1.82) is 0 Å². The standard InChI is InChI=1S/C25H27F3N4O3S/c1-24(2,3)21-14-32(13-18-5-4-10-34-18)23(36-21)31-22(33)19-11-16(25(26,27)28)6-7-20(19)35-15-17-12-29-8-9-30-17/h6-9,11-12,14,18H,4-5,10,13,15H2,1-3H3/b31-23-/t18-/m1/s1. The number of alkyl halides is 3. The summed E-state index contributed by atoms with van der Waals surface area (Å²) in [5.74, 6) is -0.834. The van der Waals surface area contributed by atoms with Gasteiger partial charge in [-0.3, -0.25) is 14.8 Å². The van der Waals surface area contributed by atoms with E-state index >= 15 is 0 Å². The van der Waals surface area contributed by atoms with Gasteiger partial charge in [0.1, 0.15) is 12.4 Å². The molecule has 4 rings (SSSR count). The Kier molecular flexibility index (Phi) is 7.60. The fraction of sp³-hybridized carbons (Fsp3) is 0.440. The first-order valence-electron chi connectivity index (χ1n) is 11.5. The zero-order valence-electron chi connectivity index (χ0n) is 20.2. The highest BCUT2D eigenvalue weighted by molar-refractivity contribution is 7.09. The summed E-state index contributed by atoms with van der Waals surface area (Å²) in [4.78, 5) is 27.0. The van der Waals surface area contributed by atoms with Crippen LogP contribution in [0.1, 0.15) is 60.1 Å². The summed E-state index contributed by atoms with van der Waals surface area (Å²) < 4.78 is 53.6. The van der Waals surface area contributed by atoms with E-state index in [4.69, 9.17) is 9.47 Å². The summed E-state index contributed by atoms with van der Waals surface area (Å²) in [6, 6.07) is 2.79. The highest BCUT2D eigenvalue weighted by Gasteiger charge is 2.32. The van der Waals surface area contributed by atoms with Crippen LogP contribution in [0, 0.1) is 0 Å². The Bertz CT molecular complexity index is 1270. The molecule has 1 aromatic carbocycles. The number of amides is 1. The van der Waals surface area contributed by atoms with Crippen molar-refractivity contribution in [3.63, 3.8) is 0 Å². The van der Waals surface area contributed by atoms with Gasteiger partial charge in [0.25, 0.3) is 5.91 Å². The molecule has 7 nitrogen and oxygen atoms in total. The molecule has 1 amide bonds. The van der Waals surface area contributed by atoms with Crippen LogP contribution in [0.25, 0.3) is 0 Å². The average Bonchev–Trinajstić information content (AvgIpc) is 3.48. The van der Waals surface area contributed by atoms with Gasteiger partial charge in [0.2, 0.25) is 0 Å². The Balaban J connectivity index is 1.72. The van der Waals surface area contributed by atoms with Crippen LogP contribution in [0.2, 0.25) is 0 Å². The molecule has 1 saturated heterocycles. The molecule has 36 heavy (non-hydrogen) atoms. The molecule has 1 aliphatic rings. The monoisotopic (exact) mass is 520 g/mol. The number of hydrogen-bond acceptors (Lipinski definition) is 6. The lowest BCUT2D eigenvalue weighted by atomic mass is 9.95. The van der Waals surface area contributed by atoms with E-state index in [1.54, 1.807) is 0 Å². The van der Waals surface area contributed by atoms with Gasteiger partial charge < -0.3 is 14.0 Å². The summed E-state index contributed by atoms with van der Waals surface area (Å²) in [5.41, 5.74) is -0.957. The van der Waals surface area contributed by atoms with Crippen LogP contribution in [0.4, 0.5) is 13.2 Å². The summed E-state index contributed by atoms with van der Waals surface area (Å²) in [6.07, 6.45) is 3.62. The molecule has 0 aliphatic carbocycles. The van der Waals surface area contributed by atoms with Crippen molar-refractivity contribution in [2.75, 3.05) is 6.61 Å². The summed E-state index contributed by atoms with van der Waals surface area (Å²) in [6.45, 7) is 7.27. The lowest BCUT2D eigenvalue weighted by Gasteiger charge is -2.15. The zero-order chi connectivity index (χ0) is 25.9. The zero-order valence-corrected chi connectivity index (χ0v) is 21.0. The number of ether oxygens (including phenoxy) is 2. The fourth-order valence-electron chi connectivity index (χ4n) is 3.65. The van der Waals surface area contributed by atoms with Crippen molar-refractivity contribution in [3.8, 4) is 5.75 Å². The minimum atomic E-state index is -4.62. The largest absolute Gasteiger partial charge is 0.486 e. The summed E-state index contributed by atoms with van der Waals surface area (Å²) in [7, 11) is 0. The Morgan fingerprint density at radius 1 is 1.28 bits per heavy atom. The van der Waals surface area contributed by atoms with Gasteiger partial charge in [-0.05, 0) is 36.5 Å². The number of aromatic nitrogens is 3. The molecular weight excluding hydrogens is 493 g/mol. The van der Waals surface area contributed by atoms with Gasteiger partial charge >= 0.3 is 6.18 Å². The van der Waals surface area contributed by atoms with Crippen molar-refractivity contribution in [2.24, 2.45) is 4.99 Å². The molecular formula is C25H27F3N4O3S. The number of thiazole rings is 1. The van der Waals surface area contributed by atoms with Gasteiger partial charge in [-0.25, -0.2) is 0 Å². The molecule has 0 N–H and O–H groups in total. The number of rotatable bonds is 6. The minimum absolute atomic E-state index is 0.000837. The first-order chi connectivity index (χ1) is 17.0. The van der Waals surface area contributed by atoms with E-state index in [0.717, 1.165) is 35.9 Å². The summed E-state index contributed by atoms with van der Waals surface area (Å²) in [5, 5.41) is 0. The lowest BCUT2D eigenvalue weighted by molar-refractivity contribution is -0.137. The number of hydrogen-bond donors (Lipinski definition) is 0. The second-order valence-electron chi connectivity index (χ2n) is 9.53. The molecule has 2 aromatic heterocycles. The minimum Gasteiger partial charge on any atom is -0.486 e. The predicted molar refractivity (Wildman–Crippen MR) is 128 cm³/mol. The van der Waals surface area contributed by atoms with E-state index in [0.29, 0.717) is 23.6 Å². The first-order valence-corrected chi connectivity index (χ1v) is 12.3. The van der Waals surface area contributed by atoms with E-state index in [2.05, 4.69) is 15.0 Å². The Labute approximate surface area is 210 Å². The maximum Gasteiger partial charge on any atom is 0.416 e. The third-order valence-corrected chi connectivity index (χ3v) is 7.06. The number of carbonyl (C=O) groups excluding carboxylic acids is 1. The third-order valence-electron chi connectivity index (χ3n) is 5.61. The quantitative estimate of drug-likeness (QED) is 0.449. The lowest BCUT2D eigenvalue weighted by Crippen LogP contribution is -2.23. The van der Waals surface area contributed by atoms with E-state index in [1.807, 2.05) is 31.5 Å². The normalized spacial score (nSPS) is 16.9. The van der Waals surface area contributed by atoms with Crippen LogP contribution in [-0.4, -0.2) is 33.2 Å². The Morgan fingerprint density at radius 3 is 2.72 bits per heavy atom. The van der Waals surface area contributed by atoms with Gasteiger partial charge in [0.05, 0.1) is 35.7 Å². The molecule has 0 radical (unpaired) electrons. The maximum atomic E-state index is 13.4. The molecule has 0 bridgehead atoms. The van der Waals surface area contributed by atoms with Crippen LogP contribution >= 0.6 is 11.3 Å². The SMILES string of the molecule is CC(C)(C)c1cn(C[C@H]2CCCO2)/c(=N/C(=O)c2cc(C(F)(F)F)ccc2OCc2cnccn2)s1. The Morgan fingerprint density at radius 2 is 2.08 bits per heavy atom.